The monoisotopic (exact) mass is 358 g/mol. The van der Waals surface area contributed by atoms with E-state index >= 15 is 0 Å². The zero-order valence-electron chi connectivity index (χ0n) is 15.0. The molecular weight excluding hydrogens is 340 g/mol. The minimum atomic E-state index is -0.260. The van der Waals surface area contributed by atoms with Gasteiger partial charge in [0.15, 0.2) is 5.69 Å². The van der Waals surface area contributed by atoms with Crippen LogP contribution in [0.15, 0.2) is 81.8 Å². The lowest BCUT2D eigenvalue weighted by Crippen LogP contribution is -2.19. The average Bonchev–Trinajstić information content (AvgIpc) is 2.90. The van der Waals surface area contributed by atoms with E-state index in [4.69, 9.17) is 0 Å². The second-order valence-corrected chi connectivity index (χ2v) is 6.26. The lowest BCUT2D eigenvalue weighted by molar-refractivity contribution is 0.477. The van der Waals surface area contributed by atoms with Gasteiger partial charge >= 0.3 is 0 Å². The highest BCUT2D eigenvalue weighted by molar-refractivity contribution is 5.95. The molecule has 27 heavy (non-hydrogen) atoms. The van der Waals surface area contributed by atoms with E-state index in [1.165, 1.54) is 0 Å². The maximum atomic E-state index is 12.9. The van der Waals surface area contributed by atoms with E-state index in [1.807, 2.05) is 67.6 Å². The molecule has 0 saturated carbocycles. The zero-order valence-corrected chi connectivity index (χ0v) is 15.0. The Bertz CT molecular complexity index is 1220. The number of para-hydroxylation sites is 1. The summed E-state index contributed by atoms with van der Waals surface area (Å²) >= 11 is 0. The number of nitrogens with zero attached hydrogens (tertiary/aromatic N) is 4. The van der Waals surface area contributed by atoms with E-state index in [1.54, 1.807) is 22.5 Å². The van der Waals surface area contributed by atoms with Gasteiger partial charge in [-0.15, -0.1) is 10.2 Å². The van der Waals surface area contributed by atoms with Gasteiger partial charge in [-0.1, -0.05) is 48.5 Å². The molecule has 1 N–H and O–H groups in total. The lowest BCUT2D eigenvalue weighted by atomic mass is 10.1. The van der Waals surface area contributed by atoms with E-state index in [0.29, 0.717) is 11.4 Å². The van der Waals surface area contributed by atoms with Crippen LogP contribution in [0.4, 0.5) is 11.4 Å². The Labute approximate surface area is 155 Å². The summed E-state index contributed by atoms with van der Waals surface area (Å²) in [6.07, 6.45) is 0. The van der Waals surface area contributed by atoms with Crippen molar-refractivity contribution in [1.82, 2.24) is 9.36 Å². The SMILES string of the molecule is Cc1c(N=Nc2c(O)ccc3ccccc23)c(=O)n(-c2ccccc2)n1C. The van der Waals surface area contributed by atoms with Crippen LogP contribution in [0.1, 0.15) is 5.69 Å². The van der Waals surface area contributed by atoms with Crippen molar-refractivity contribution >= 4 is 22.1 Å². The number of hydrogen-bond acceptors (Lipinski definition) is 4. The van der Waals surface area contributed by atoms with Crippen LogP contribution in [0.3, 0.4) is 0 Å². The molecule has 0 spiro atoms. The predicted octanol–water partition coefficient (Wildman–Crippen LogP) is 4.76. The molecule has 0 aliphatic rings. The van der Waals surface area contributed by atoms with Gasteiger partial charge in [0.05, 0.1) is 11.4 Å². The van der Waals surface area contributed by atoms with Gasteiger partial charge in [-0.2, -0.15) is 0 Å². The summed E-state index contributed by atoms with van der Waals surface area (Å²) in [5, 5.41) is 20.4. The lowest BCUT2D eigenvalue weighted by Gasteiger charge is -2.07. The largest absolute Gasteiger partial charge is 0.506 e. The van der Waals surface area contributed by atoms with Crippen LogP contribution in [-0.2, 0) is 7.05 Å². The molecule has 3 aromatic carbocycles. The molecule has 1 aromatic heterocycles. The number of azo groups is 1. The molecule has 6 heteroatoms. The van der Waals surface area contributed by atoms with Crippen LogP contribution in [0.25, 0.3) is 16.5 Å². The van der Waals surface area contributed by atoms with E-state index in [0.717, 1.165) is 16.5 Å². The quantitative estimate of drug-likeness (QED) is 0.536. The summed E-state index contributed by atoms with van der Waals surface area (Å²) in [6, 6.07) is 20.4. The van der Waals surface area contributed by atoms with Crippen LogP contribution in [0.5, 0.6) is 5.75 Å². The van der Waals surface area contributed by atoms with Crippen LogP contribution < -0.4 is 5.56 Å². The molecule has 0 aliphatic carbocycles. The Hall–Kier alpha value is -3.67. The summed E-state index contributed by atoms with van der Waals surface area (Å²) in [5.41, 5.74) is 1.77. The first-order valence-electron chi connectivity index (χ1n) is 8.54. The van der Waals surface area contributed by atoms with Gasteiger partial charge in [0, 0.05) is 12.4 Å². The number of fused-ring (bicyclic) bond motifs is 1. The van der Waals surface area contributed by atoms with Crippen molar-refractivity contribution in [3.8, 4) is 11.4 Å². The standard InChI is InChI=1S/C21H18N4O2/c1-14-19(21(27)25(24(14)2)16-9-4-3-5-10-16)22-23-20-17-11-7-6-8-15(17)12-13-18(20)26/h3-13,26H,1-2H3. The Morgan fingerprint density at radius 1 is 0.852 bits per heavy atom. The highest BCUT2D eigenvalue weighted by Crippen LogP contribution is 2.36. The molecule has 0 bridgehead atoms. The summed E-state index contributed by atoms with van der Waals surface area (Å²) < 4.78 is 3.29. The third-order valence-corrected chi connectivity index (χ3v) is 4.65. The van der Waals surface area contributed by atoms with Crippen molar-refractivity contribution in [3.63, 3.8) is 0 Å². The topological polar surface area (TPSA) is 71.9 Å². The average molecular weight is 358 g/mol. The Morgan fingerprint density at radius 2 is 1.52 bits per heavy atom. The fraction of sp³-hybridized carbons (Fsp3) is 0.0952. The van der Waals surface area contributed by atoms with Crippen molar-refractivity contribution in [3.05, 3.63) is 82.8 Å². The third-order valence-electron chi connectivity index (χ3n) is 4.65. The van der Waals surface area contributed by atoms with Gasteiger partial charge in [0.1, 0.15) is 11.4 Å². The molecule has 0 radical (unpaired) electrons. The van der Waals surface area contributed by atoms with Crippen molar-refractivity contribution in [2.75, 3.05) is 0 Å². The molecule has 0 amide bonds. The minimum absolute atomic E-state index is 0.0226. The highest BCUT2D eigenvalue weighted by atomic mass is 16.3. The predicted molar refractivity (Wildman–Crippen MR) is 106 cm³/mol. The zero-order chi connectivity index (χ0) is 19.0. The summed E-state index contributed by atoms with van der Waals surface area (Å²) in [7, 11) is 1.80. The second kappa shape index (κ2) is 6.57. The summed E-state index contributed by atoms with van der Waals surface area (Å²) in [5.74, 6) is 0.0226. The first kappa shape index (κ1) is 16.8. The molecule has 4 rings (SSSR count). The number of phenolic OH excluding ortho intramolecular Hbond substituents is 1. The molecule has 0 fully saturated rings. The molecule has 0 atom stereocenters. The number of benzene rings is 3. The summed E-state index contributed by atoms with van der Waals surface area (Å²) in [4.78, 5) is 12.9. The second-order valence-electron chi connectivity index (χ2n) is 6.26. The number of phenols is 1. The highest BCUT2D eigenvalue weighted by Gasteiger charge is 2.16. The molecule has 0 unspecified atom stereocenters. The first-order valence-corrected chi connectivity index (χ1v) is 8.54. The van der Waals surface area contributed by atoms with Gasteiger partial charge in [-0.25, -0.2) is 4.68 Å². The van der Waals surface area contributed by atoms with E-state index in [2.05, 4.69) is 10.2 Å². The molecule has 0 aliphatic heterocycles. The van der Waals surface area contributed by atoms with Gasteiger partial charge in [0.25, 0.3) is 5.56 Å². The van der Waals surface area contributed by atoms with Crippen LogP contribution in [0.2, 0.25) is 0 Å². The van der Waals surface area contributed by atoms with Gasteiger partial charge < -0.3 is 5.11 Å². The van der Waals surface area contributed by atoms with Gasteiger partial charge in [-0.05, 0) is 30.5 Å². The molecule has 0 saturated heterocycles. The number of aromatic nitrogens is 2. The third kappa shape index (κ3) is 2.81. The Balaban J connectivity index is 1.86. The smallest absolute Gasteiger partial charge is 0.299 e. The van der Waals surface area contributed by atoms with Crippen molar-refractivity contribution in [2.45, 2.75) is 6.92 Å². The van der Waals surface area contributed by atoms with Gasteiger partial charge in [-0.3, -0.25) is 9.48 Å². The summed E-state index contributed by atoms with van der Waals surface area (Å²) in [6.45, 7) is 1.82. The normalized spacial score (nSPS) is 11.5. The molecular formula is C21H18N4O2. The molecule has 6 nitrogen and oxygen atoms in total. The minimum Gasteiger partial charge on any atom is -0.506 e. The number of rotatable bonds is 3. The van der Waals surface area contributed by atoms with Crippen LogP contribution in [-0.4, -0.2) is 14.5 Å². The fourth-order valence-corrected chi connectivity index (χ4v) is 3.12. The van der Waals surface area contributed by atoms with Crippen LogP contribution in [0, 0.1) is 6.92 Å². The fourth-order valence-electron chi connectivity index (χ4n) is 3.12. The number of hydrogen-bond donors (Lipinski definition) is 1. The Kier molecular flexibility index (Phi) is 4.08. The van der Waals surface area contributed by atoms with Gasteiger partial charge in [0.2, 0.25) is 0 Å². The molecule has 134 valence electrons. The van der Waals surface area contributed by atoms with Crippen LogP contribution >= 0.6 is 0 Å². The maximum Gasteiger partial charge on any atom is 0.299 e. The molecule has 4 aromatic rings. The van der Waals surface area contributed by atoms with Crippen molar-refractivity contribution in [2.24, 2.45) is 17.3 Å². The van der Waals surface area contributed by atoms with E-state index in [9.17, 15) is 9.90 Å². The van der Waals surface area contributed by atoms with Crippen molar-refractivity contribution < 1.29 is 5.11 Å². The van der Waals surface area contributed by atoms with Crippen molar-refractivity contribution in [1.29, 1.82) is 0 Å². The maximum absolute atomic E-state index is 12.9. The number of aromatic hydroxyl groups is 1. The Morgan fingerprint density at radius 3 is 2.30 bits per heavy atom. The van der Waals surface area contributed by atoms with E-state index < -0.39 is 0 Å². The first-order chi connectivity index (χ1) is 13.1. The van der Waals surface area contributed by atoms with E-state index in [-0.39, 0.29) is 17.0 Å². The molecule has 1 heterocycles.